The number of benzene rings is 2. The molecule has 0 bridgehead atoms. The van der Waals surface area contributed by atoms with Crippen LogP contribution in [0.4, 0.5) is 0 Å². The average Bonchev–Trinajstić information content (AvgIpc) is 2.48. The van der Waals surface area contributed by atoms with Gasteiger partial charge in [0.05, 0.1) is 5.56 Å². The van der Waals surface area contributed by atoms with Crippen molar-refractivity contribution in [2.24, 2.45) is 5.73 Å². The molecule has 2 aromatic rings. The highest BCUT2D eigenvalue weighted by molar-refractivity contribution is 7.80. The molecule has 4 heteroatoms. The van der Waals surface area contributed by atoms with E-state index >= 15 is 0 Å². The van der Waals surface area contributed by atoms with Gasteiger partial charge < -0.3 is 15.2 Å². The van der Waals surface area contributed by atoms with Gasteiger partial charge in [0, 0.05) is 0 Å². The van der Waals surface area contributed by atoms with Crippen LogP contribution in [0, 0.1) is 20.8 Å². The summed E-state index contributed by atoms with van der Waals surface area (Å²) < 4.78 is 11.6. The van der Waals surface area contributed by atoms with Crippen molar-refractivity contribution in [2.75, 3.05) is 13.2 Å². The van der Waals surface area contributed by atoms with Gasteiger partial charge in [-0.3, -0.25) is 0 Å². The number of aryl methyl sites for hydroxylation is 2. The highest BCUT2D eigenvalue weighted by atomic mass is 32.1. The lowest BCUT2D eigenvalue weighted by atomic mass is 10.1. The molecule has 0 saturated heterocycles. The number of nitrogens with two attached hydrogens (primary N) is 1. The van der Waals surface area contributed by atoms with Crippen LogP contribution >= 0.6 is 12.2 Å². The molecular weight excluding hydrogens is 294 g/mol. The fourth-order valence-corrected chi connectivity index (χ4v) is 2.42. The van der Waals surface area contributed by atoms with Crippen LogP contribution in [-0.4, -0.2) is 18.2 Å². The van der Waals surface area contributed by atoms with Crippen LogP contribution in [0.3, 0.4) is 0 Å². The van der Waals surface area contributed by atoms with E-state index in [4.69, 9.17) is 27.4 Å². The first kappa shape index (κ1) is 16.3. The van der Waals surface area contributed by atoms with Crippen molar-refractivity contribution in [1.29, 1.82) is 0 Å². The number of hydrogen-bond donors (Lipinski definition) is 1. The van der Waals surface area contributed by atoms with Gasteiger partial charge in [0.25, 0.3) is 0 Å². The summed E-state index contributed by atoms with van der Waals surface area (Å²) in [4.78, 5) is 0.335. The minimum Gasteiger partial charge on any atom is -0.490 e. The van der Waals surface area contributed by atoms with Crippen LogP contribution in [0.15, 0.2) is 36.4 Å². The predicted octanol–water partition coefficient (Wildman–Crippen LogP) is 3.70. The number of hydrogen-bond acceptors (Lipinski definition) is 3. The monoisotopic (exact) mass is 315 g/mol. The first-order valence-corrected chi connectivity index (χ1v) is 7.62. The Labute approximate surface area is 137 Å². The third-order valence-electron chi connectivity index (χ3n) is 3.52. The molecule has 0 aromatic heterocycles. The second-order valence-corrected chi connectivity index (χ2v) is 5.70. The highest BCUT2D eigenvalue weighted by Gasteiger charge is 2.06. The first-order valence-electron chi connectivity index (χ1n) is 7.21. The quantitative estimate of drug-likeness (QED) is 0.652. The van der Waals surface area contributed by atoms with Gasteiger partial charge in [-0.25, -0.2) is 0 Å². The van der Waals surface area contributed by atoms with E-state index in [2.05, 4.69) is 26.8 Å². The molecule has 2 aromatic carbocycles. The molecule has 0 saturated carbocycles. The number of para-hydroxylation sites is 1. The summed E-state index contributed by atoms with van der Waals surface area (Å²) in [6.45, 7) is 7.12. The highest BCUT2D eigenvalue weighted by Crippen LogP contribution is 2.23. The average molecular weight is 315 g/mol. The summed E-state index contributed by atoms with van der Waals surface area (Å²) in [7, 11) is 0. The zero-order valence-electron chi connectivity index (χ0n) is 13.2. The maximum atomic E-state index is 5.83. The van der Waals surface area contributed by atoms with Crippen LogP contribution in [0.2, 0.25) is 0 Å². The Bertz CT molecular complexity index is 683. The van der Waals surface area contributed by atoms with Crippen molar-refractivity contribution in [3.8, 4) is 11.5 Å². The maximum absolute atomic E-state index is 5.83. The van der Waals surface area contributed by atoms with Crippen LogP contribution in [0.5, 0.6) is 11.5 Å². The van der Waals surface area contributed by atoms with Gasteiger partial charge in [0.1, 0.15) is 29.7 Å². The lowest BCUT2D eigenvalue weighted by Gasteiger charge is -2.14. The largest absolute Gasteiger partial charge is 0.490 e. The van der Waals surface area contributed by atoms with Gasteiger partial charge in [0.15, 0.2) is 0 Å². The zero-order valence-corrected chi connectivity index (χ0v) is 14.0. The van der Waals surface area contributed by atoms with E-state index in [0.717, 1.165) is 16.9 Å². The molecule has 0 atom stereocenters. The third-order valence-corrected chi connectivity index (χ3v) is 3.73. The molecule has 0 aliphatic carbocycles. The van der Waals surface area contributed by atoms with E-state index in [1.807, 2.05) is 30.3 Å². The maximum Gasteiger partial charge on any atom is 0.129 e. The predicted molar refractivity (Wildman–Crippen MR) is 94.0 cm³/mol. The van der Waals surface area contributed by atoms with Gasteiger partial charge >= 0.3 is 0 Å². The fourth-order valence-electron chi connectivity index (χ4n) is 2.25. The Morgan fingerprint density at radius 1 is 1.00 bits per heavy atom. The molecule has 0 unspecified atom stereocenters. The van der Waals surface area contributed by atoms with Crippen molar-refractivity contribution < 1.29 is 9.47 Å². The summed E-state index contributed by atoms with van der Waals surface area (Å²) in [5, 5.41) is 0. The summed E-state index contributed by atoms with van der Waals surface area (Å²) in [5.74, 6) is 1.60. The lowest BCUT2D eigenvalue weighted by Crippen LogP contribution is -2.14. The molecule has 2 rings (SSSR count). The van der Waals surface area contributed by atoms with E-state index in [-0.39, 0.29) is 0 Å². The van der Waals surface area contributed by atoms with Gasteiger partial charge in [0.2, 0.25) is 0 Å². The van der Waals surface area contributed by atoms with E-state index in [1.54, 1.807) is 0 Å². The van der Waals surface area contributed by atoms with Crippen LogP contribution in [0.25, 0.3) is 0 Å². The second kappa shape index (κ2) is 7.27. The number of ether oxygens (including phenoxy) is 2. The molecule has 2 N–H and O–H groups in total. The van der Waals surface area contributed by atoms with Gasteiger partial charge in [-0.15, -0.1) is 0 Å². The Hall–Kier alpha value is -2.07. The Morgan fingerprint density at radius 2 is 1.64 bits per heavy atom. The van der Waals surface area contributed by atoms with E-state index in [9.17, 15) is 0 Å². The molecule has 0 heterocycles. The molecular formula is C18H21NO2S. The SMILES string of the molecule is Cc1cc(C)c(C)c(OCCOc2ccccc2C(N)=S)c1. The smallest absolute Gasteiger partial charge is 0.129 e. The Balaban J connectivity index is 1.95. The summed E-state index contributed by atoms with van der Waals surface area (Å²) in [5.41, 5.74) is 10.0. The van der Waals surface area contributed by atoms with Gasteiger partial charge in [-0.1, -0.05) is 30.4 Å². The summed E-state index contributed by atoms with van der Waals surface area (Å²) in [6.07, 6.45) is 0. The molecule has 116 valence electrons. The normalized spacial score (nSPS) is 10.3. The molecule has 0 amide bonds. The van der Waals surface area contributed by atoms with Crippen molar-refractivity contribution in [1.82, 2.24) is 0 Å². The van der Waals surface area contributed by atoms with Crippen molar-refractivity contribution in [2.45, 2.75) is 20.8 Å². The molecule has 0 radical (unpaired) electrons. The van der Waals surface area contributed by atoms with Gasteiger partial charge in [-0.2, -0.15) is 0 Å². The summed E-state index contributed by atoms with van der Waals surface area (Å²) >= 11 is 5.02. The molecule has 0 aliphatic rings. The number of thiocarbonyl (C=S) groups is 1. The number of rotatable bonds is 6. The summed E-state index contributed by atoms with van der Waals surface area (Å²) in [6, 6.07) is 11.7. The Kier molecular flexibility index (Phi) is 5.39. The van der Waals surface area contributed by atoms with Crippen molar-refractivity contribution in [3.05, 3.63) is 58.7 Å². The molecule has 0 aliphatic heterocycles. The van der Waals surface area contributed by atoms with E-state index < -0.39 is 0 Å². The first-order chi connectivity index (χ1) is 10.5. The molecule has 3 nitrogen and oxygen atoms in total. The minimum atomic E-state index is 0.335. The standard InChI is InChI=1S/C18H21NO2S/c1-12-10-13(2)14(3)17(11-12)21-9-8-20-16-7-5-4-6-15(16)18(19)22/h4-7,10-11H,8-9H2,1-3H3,(H2,19,22). The second-order valence-electron chi connectivity index (χ2n) is 5.26. The van der Waals surface area contributed by atoms with Crippen LogP contribution < -0.4 is 15.2 Å². The topological polar surface area (TPSA) is 44.5 Å². The van der Waals surface area contributed by atoms with E-state index in [1.165, 1.54) is 11.1 Å². The lowest BCUT2D eigenvalue weighted by molar-refractivity contribution is 0.216. The van der Waals surface area contributed by atoms with E-state index in [0.29, 0.717) is 24.0 Å². The molecule has 22 heavy (non-hydrogen) atoms. The van der Waals surface area contributed by atoms with Crippen molar-refractivity contribution in [3.63, 3.8) is 0 Å². The van der Waals surface area contributed by atoms with Crippen LogP contribution in [-0.2, 0) is 0 Å². The fraction of sp³-hybridized carbons (Fsp3) is 0.278. The molecule has 0 fully saturated rings. The zero-order chi connectivity index (χ0) is 16.1. The minimum absolute atomic E-state index is 0.335. The van der Waals surface area contributed by atoms with Crippen LogP contribution in [0.1, 0.15) is 22.3 Å². The van der Waals surface area contributed by atoms with Gasteiger partial charge in [-0.05, 0) is 55.7 Å². The third kappa shape index (κ3) is 3.98. The van der Waals surface area contributed by atoms with Crippen molar-refractivity contribution >= 4 is 17.2 Å². The Morgan fingerprint density at radius 3 is 2.32 bits per heavy atom. The molecule has 0 spiro atoms.